The number of anilines is 1. The summed E-state index contributed by atoms with van der Waals surface area (Å²) in [4.78, 5) is 12.5. The number of rotatable bonds is 2. The van der Waals surface area contributed by atoms with E-state index >= 15 is 0 Å². The lowest BCUT2D eigenvalue weighted by Crippen LogP contribution is -2.25. The van der Waals surface area contributed by atoms with E-state index in [0.29, 0.717) is 5.75 Å². The first-order valence-electron chi connectivity index (χ1n) is 4.73. The lowest BCUT2D eigenvalue weighted by molar-refractivity contribution is -0.157. The van der Waals surface area contributed by atoms with Crippen LogP contribution in [0.1, 0.15) is 12.3 Å². The average Bonchev–Trinajstić information content (AvgIpc) is 2.82. The second-order valence-electron chi connectivity index (χ2n) is 3.64. The number of aromatic nitrogens is 2. The first-order valence-corrected chi connectivity index (χ1v) is 5.37. The van der Waals surface area contributed by atoms with Crippen molar-refractivity contribution in [1.82, 2.24) is 10.2 Å². The minimum Gasteiger partial charge on any atom is -0.399 e. The van der Waals surface area contributed by atoms with E-state index in [2.05, 4.69) is 27.2 Å². The molecule has 0 saturated carbocycles. The number of thiol groups is 1. The highest BCUT2D eigenvalue weighted by Crippen LogP contribution is 2.31. The second-order valence-corrected chi connectivity index (χ2v) is 4.01. The third kappa shape index (κ3) is 2.38. The largest absolute Gasteiger partial charge is 0.470 e. The number of carbonyl (C=O) groups is 1. The van der Waals surface area contributed by atoms with E-state index in [1.54, 1.807) is 0 Å². The molecule has 0 bridgehead atoms. The van der Waals surface area contributed by atoms with Crippen LogP contribution in [-0.2, 0) is 11.0 Å². The number of amides is 1. The highest BCUT2D eigenvalue weighted by Gasteiger charge is 2.40. The smallest absolute Gasteiger partial charge is 0.399 e. The minimum atomic E-state index is -4.70. The predicted octanol–water partition coefficient (Wildman–Crippen LogP) is 1.37. The quantitative estimate of drug-likeness (QED) is 0.822. The Morgan fingerprint density at radius 3 is 2.65 bits per heavy atom. The van der Waals surface area contributed by atoms with Crippen LogP contribution in [0.4, 0.5) is 19.2 Å². The van der Waals surface area contributed by atoms with E-state index in [4.69, 9.17) is 0 Å². The van der Waals surface area contributed by atoms with Crippen molar-refractivity contribution in [2.75, 3.05) is 17.2 Å². The molecule has 0 aromatic carbocycles. The number of nitrogens with zero attached hydrogens (tertiary/aromatic N) is 3. The lowest BCUT2D eigenvalue weighted by Gasteiger charge is -2.09. The van der Waals surface area contributed by atoms with Crippen molar-refractivity contribution in [2.24, 2.45) is 5.92 Å². The van der Waals surface area contributed by atoms with Crippen molar-refractivity contribution in [3.8, 4) is 0 Å². The molecule has 2 rings (SSSR count). The summed E-state index contributed by atoms with van der Waals surface area (Å²) in [6.45, 7) is 0.252. The molecule has 94 valence electrons. The van der Waals surface area contributed by atoms with Gasteiger partial charge in [-0.25, -0.2) is 0 Å². The second kappa shape index (κ2) is 4.21. The van der Waals surface area contributed by atoms with Crippen molar-refractivity contribution in [3.05, 3.63) is 5.89 Å². The molecule has 1 aliphatic heterocycles. The number of halogens is 3. The van der Waals surface area contributed by atoms with Gasteiger partial charge in [-0.1, -0.05) is 5.10 Å². The highest BCUT2D eigenvalue weighted by molar-refractivity contribution is 7.80. The molecule has 17 heavy (non-hydrogen) atoms. The topological polar surface area (TPSA) is 59.2 Å². The van der Waals surface area contributed by atoms with Crippen molar-refractivity contribution >= 4 is 24.6 Å². The first kappa shape index (κ1) is 12.2. The van der Waals surface area contributed by atoms with Crippen LogP contribution >= 0.6 is 12.6 Å². The molecule has 0 N–H and O–H groups in total. The standard InChI is InChI=1S/C8H8F3N3O2S/c9-8(10,11)6-12-13-7(16-6)14-2-4(3-17)1-5(14)15/h4,17H,1-3H2. The van der Waals surface area contributed by atoms with Gasteiger partial charge in [-0.2, -0.15) is 25.8 Å². The molecule has 9 heteroatoms. The van der Waals surface area contributed by atoms with Crippen LogP contribution in [0, 0.1) is 5.92 Å². The van der Waals surface area contributed by atoms with Crippen LogP contribution in [-0.4, -0.2) is 28.4 Å². The van der Waals surface area contributed by atoms with Gasteiger partial charge in [0.05, 0.1) is 0 Å². The molecule has 0 aliphatic carbocycles. The lowest BCUT2D eigenvalue weighted by atomic mass is 10.1. The Morgan fingerprint density at radius 1 is 1.47 bits per heavy atom. The summed E-state index contributed by atoms with van der Waals surface area (Å²) in [5, 5.41) is 6.09. The summed E-state index contributed by atoms with van der Waals surface area (Å²) in [6, 6.07) is -0.411. The van der Waals surface area contributed by atoms with Gasteiger partial charge in [0.15, 0.2) is 0 Å². The fourth-order valence-corrected chi connectivity index (χ4v) is 1.77. The van der Waals surface area contributed by atoms with Gasteiger partial charge < -0.3 is 4.42 Å². The van der Waals surface area contributed by atoms with Gasteiger partial charge >= 0.3 is 18.1 Å². The number of alkyl halides is 3. The summed E-state index contributed by atoms with van der Waals surface area (Å²) in [6.07, 6.45) is -4.47. The van der Waals surface area contributed by atoms with Crippen LogP contribution in [0.25, 0.3) is 0 Å². The molecule has 0 spiro atoms. The Kier molecular flexibility index (Phi) is 3.02. The third-order valence-corrected chi connectivity index (χ3v) is 2.87. The van der Waals surface area contributed by atoms with E-state index < -0.39 is 18.1 Å². The molecule has 2 heterocycles. The zero-order valence-electron chi connectivity index (χ0n) is 8.44. The Bertz CT molecular complexity index is 434. The van der Waals surface area contributed by atoms with Gasteiger partial charge in [-0.3, -0.25) is 9.69 Å². The highest BCUT2D eigenvalue weighted by atomic mass is 32.1. The van der Waals surface area contributed by atoms with Gasteiger partial charge in [0.25, 0.3) is 0 Å². The predicted molar refractivity (Wildman–Crippen MR) is 53.6 cm³/mol. The number of hydrogen-bond acceptors (Lipinski definition) is 5. The molecule has 1 amide bonds. The molecule has 1 fully saturated rings. The van der Waals surface area contributed by atoms with Crippen molar-refractivity contribution < 1.29 is 22.4 Å². The Balaban J connectivity index is 2.19. The van der Waals surface area contributed by atoms with Crippen molar-refractivity contribution in [2.45, 2.75) is 12.6 Å². The maximum Gasteiger partial charge on any atom is 0.470 e. The molecule has 1 aromatic rings. The van der Waals surface area contributed by atoms with Gasteiger partial charge in [0.1, 0.15) is 0 Å². The van der Waals surface area contributed by atoms with Gasteiger partial charge in [0.2, 0.25) is 5.91 Å². The molecule has 1 atom stereocenters. The summed E-state index contributed by atoms with van der Waals surface area (Å²) in [5.41, 5.74) is 0. The maximum atomic E-state index is 12.2. The van der Waals surface area contributed by atoms with Crippen LogP contribution in [0.5, 0.6) is 0 Å². The molecular formula is C8H8F3N3O2S. The number of carbonyl (C=O) groups excluding carboxylic acids is 1. The molecular weight excluding hydrogens is 259 g/mol. The first-order chi connectivity index (χ1) is 7.91. The van der Waals surface area contributed by atoms with Crippen LogP contribution in [0.3, 0.4) is 0 Å². The molecule has 1 aliphatic rings. The Hall–Kier alpha value is -1.25. The molecule has 1 saturated heterocycles. The summed E-state index contributed by atoms with van der Waals surface area (Å²) in [7, 11) is 0. The van der Waals surface area contributed by atoms with E-state index in [0.717, 1.165) is 4.90 Å². The van der Waals surface area contributed by atoms with Crippen LogP contribution in [0.15, 0.2) is 4.42 Å². The third-order valence-electron chi connectivity index (χ3n) is 2.35. The van der Waals surface area contributed by atoms with Crippen LogP contribution < -0.4 is 4.90 Å². The van der Waals surface area contributed by atoms with Gasteiger partial charge in [0, 0.05) is 13.0 Å². The van der Waals surface area contributed by atoms with Crippen LogP contribution in [0.2, 0.25) is 0 Å². The maximum absolute atomic E-state index is 12.2. The fraction of sp³-hybridized carbons (Fsp3) is 0.625. The zero-order chi connectivity index (χ0) is 12.6. The van der Waals surface area contributed by atoms with E-state index in [9.17, 15) is 18.0 Å². The van der Waals surface area contributed by atoms with E-state index in [-0.39, 0.29) is 24.8 Å². The fourth-order valence-electron chi connectivity index (χ4n) is 1.53. The zero-order valence-corrected chi connectivity index (χ0v) is 9.33. The SMILES string of the molecule is O=C1CC(CS)CN1c1nnc(C(F)(F)F)o1. The van der Waals surface area contributed by atoms with Crippen molar-refractivity contribution in [1.29, 1.82) is 0 Å². The summed E-state index contributed by atoms with van der Waals surface area (Å²) < 4.78 is 41.1. The average molecular weight is 267 g/mol. The summed E-state index contributed by atoms with van der Waals surface area (Å²) in [5.74, 6) is -1.31. The van der Waals surface area contributed by atoms with Gasteiger partial charge in [-0.15, -0.1) is 5.10 Å². The normalized spacial score (nSPS) is 21.3. The molecule has 0 radical (unpaired) electrons. The van der Waals surface area contributed by atoms with E-state index in [1.165, 1.54) is 0 Å². The molecule has 5 nitrogen and oxygen atoms in total. The Labute approximate surface area is 99.4 Å². The Morgan fingerprint density at radius 2 is 2.18 bits per heavy atom. The van der Waals surface area contributed by atoms with Gasteiger partial charge in [-0.05, 0) is 11.7 Å². The molecule has 1 aromatic heterocycles. The minimum absolute atomic E-state index is 0.00734. The van der Waals surface area contributed by atoms with E-state index in [1.807, 2.05) is 0 Å². The molecule has 1 unspecified atom stereocenters. The summed E-state index contributed by atoms with van der Waals surface area (Å²) >= 11 is 4.03. The number of hydrogen-bond donors (Lipinski definition) is 1. The van der Waals surface area contributed by atoms with Crippen molar-refractivity contribution in [3.63, 3.8) is 0 Å². The monoisotopic (exact) mass is 267 g/mol.